The monoisotopic (exact) mass is 199 g/mol. The van der Waals surface area contributed by atoms with E-state index < -0.39 is 0 Å². The normalized spacial score (nSPS) is 10.3. The fraction of sp³-hybridized carbons (Fsp3) is 0.500. The number of ether oxygens (including phenoxy) is 1. The van der Waals surface area contributed by atoms with Crippen LogP contribution in [0.3, 0.4) is 0 Å². The molecule has 0 radical (unpaired) electrons. The van der Waals surface area contributed by atoms with Gasteiger partial charge in [-0.3, -0.25) is 4.98 Å². The predicted molar refractivity (Wildman–Crippen MR) is 54.0 cm³/mol. The van der Waals surface area contributed by atoms with Gasteiger partial charge in [0, 0.05) is 30.8 Å². The maximum atomic E-state index is 5.64. The lowest BCUT2D eigenvalue weighted by Crippen LogP contribution is -1.99. The molecule has 0 saturated carbocycles. The molecule has 1 heterocycles. The number of hydrogen-bond donors (Lipinski definition) is 0. The molecule has 13 heavy (non-hydrogen) atoms. The highest BCUT2D eigenvalue weighted by molar-refractivity contribution is 6.17. The molecule has 3 heteroatoms. The summed E-state index contributed by atoms with van der Waals surface area (Å²) in [5.41, 5.74) is 2.11. The van der Waals surface area contributed by atoms with Crippen LogP contribution in [0, 0.1) is 0 Å². The number of alkyl halides is 1. The third-order valence-electron chi connectivity index (χ3n) is 1.75. The fourth-order valence-electron chi connectivity index (χ4n) is 1.00. The van der Waals surface area contributed by atoms with Crippen LogP contribution in [0.1, 0.15) is 18.2 Å². The van der Waals surface area contributed by atoms with Crippen molar-refractivity contribution >= 4 is 11.6 Å². The Morgan fingerprint density at radius 2 is 2.31 bits per heavy atom. The van der Waals surface area contributed by atoms with Crippen LogP contribution in [-0.4, -0.2) is 18.2 Å². The van der Waals surface area contributed by atoms with E-state index in [2.05, 4.69) is 4.98 Å². The van der Waals surface area contributed by atoms with E-state index in [4.69, 9.17) is 16.3 Å². The quantitative estimate of drug-likeness (QED) is 0.537. The van der Waals surface area contributed by atoms with E-state index in [1.54, 1.807) is 0 Å². The number of aromatic nitrogens is 1. The van der Waals surface area contributed by atoms with Crippen LogP contribution in [0.5, 0.6) is 0 Å². The summed E-state index contributed by atoms with van der Waals surface area (Å²) in [6.45, 7) is 3.49. The van der Waals surface area contributed by atoms with Gasteiger partial charge < -0.3 is 4.74 Å². The lowest BCUT2D eigenvalue weighted by Gasteiger charge is -2.01. The van der Waals surface area contributed by atoms with Gasteiger partial charge in [-0.1, -0.05) is 6.07 Å². The van der Waals surface area contributed by atoms with Crippen molar-refractivity contribution in [1.29, 1.82) is 0 Å². The molecule has 0 saturated heterocycles. The summed E-state index contributed by atoms with van der Waals surface area (Å²) in [6, 6.07) is 4.00. The Hall–Kier alpha value is -0.600. The SMILES string of the molecule is CCOCCc1ccc(CCl)cn1. The first-order valence-corrected chi connectivity index (χ1v) is 4.97. The van der Waals surface area contributed by atoms with Gasteiger partial charge >= 0.3 is 0 Å². The first-order chi connectivity index (χ1) is 6.36. The van der Waals surface area contributed by atoms with Gasteiger partial charge in [-0.2, -0.15) is 0 Å². The predicted octanol–water partition coefficient (Wildman–Crippen LogP) is 2.40. The topological polar surface area (TPSA) is 22.1 Å². The van der Waals surface area contributed by atoms with Crippen LogP contribution >= 0.6 is 11.6 Å². The van der Waals surface area contributed by atoms with Crippen molar-refractivity contribution in [2.24, 2.45) is 0 Å². The Bertz CT molecular complexity index is 235. The van der Waals surface area contributed by atoms with Crippen molar-refractivity contribution in [3.63, 3.8) is 0 Å². The van der Waals surface area contributed by atoms with Gasteiger partial charge in [0.2, 0.25) is 0 Å². The Labute approximate surface area is 83.9 Å². The third kappa shape index (κ3) is 3.75. The van der Waals surface area contributed by atoms with E-state index in [1.807, 2.05) is 25.3 Å². The van der Waals surface area contributed by atoms with Crippen LogP contribution in [0.4, 0.5) is 0 Å². The van der Waals surface area contributed by atoms with Crippen LogP contribution < -0.4 is 0 Å². The third-order valence-corrected chi connectivity index (χ3v) is 2.06. The van der Waals surface area contributed by atoms with Crippen LogP contribution in [0.2, 0.25) is 0 Å². The van der Waals surface area contributed by atoms with Gasteiger partial charge in [-0.05, 0) is 18.6 Å². The Balaban J connectivity index is 2.40. The smallest absolute Gasteiger partial charge is 0.0521 e. The number of pyridine rings is 1. The van der Waals surface area contributed by atoms with E-state index in [9.17, 15) is 0 Å². The van der Waals surface area contributed by atoms with E-state index in [0.29, 0.717) is 5.88 Å². The zero-order chi connectivity index (χ0) is 9.52. The average Bonchev–Trinajstić information content (AvgIpc) is 2.19. The Morgan fingerprint density at radius 3 is 2.85 bits per heavy atom. The second-order valence-electron chi connectivity index (χ2n) is 2.74. The molecular weight excluding hydrogens is 186 g/mol. The molecule has 2 nitrogen and oxygen atoms in total. The molecule has 0 fully saturated rings. The molecule has 0 N–H and O–H groups in total. The number of nitrogens with zero attached hydrogens (tertiary/aromatic N) is 1. The first-order valence-electron chi connectivity index (χ1n) is 4.44. The van der Waals surface area contributed by atoms with Crippen molar-refractivity contribution in [2.75, 3.05) is 13.2 Å². The van der Waals surface area contributed by atoms with Crippen LogP contribution in [0.25, 0.3) is 0 Å². The minimum Gasteiger partial charge on any atom is -0.381 e. The van der Waals surface area contributed by atoms with Crippen LogP contribution in [0.15, 0.2) is 18.3 Å². The van der Waals surface area contributed by atoms with Gasteiger partial charge in [-0.25, -0.2) is 0 Å². The van der Waals surface area contributed by atoms with E-state index in [0.717, 1.165) is 30.9 Å². The highest BCUT2D eigenvalue weighted by Crippen LogP contribution is 2.03. The molecule has 0 spiro atoms. The molecule has 72 valence electrons. The summed E-state index contributed by atoms with van der Waals surface area (Å²) < 4.78 is 5.23. The molecule has 0 bridgehead atoms. The van der Waals surface area contributed by atoms with E-state index in [1.165, 1.54) is 0 Å². The summed E-state index contributed by atoms with van der Waals surface area (Å²) in [5, 5.41) is 0. The zero-order valence-corrected chi connectivity index (χ0v) is 8.55. The van der Waals surface area contributed by atoms with Crippen molar-refractivity contribution in [3.05, 3.63) is 29.6 Å². The molecule has 0 aliphatic heterocycles. The Morgan fingerprint density at radius 1 is 1.46 bits per heavy atom. The molecule has 0 aliphatic rings. The number of halogens is 1. The molecule has 0 unspecified atom stereocenters. The number of rotatable bonds is 5. The molecule has 0 aliphatic carbocycles. The standard InChI is InChI=1S/C10H14ClNO/c1-2-13-6-5-10-4-3-9(7-11)8-12-10/h3-4,8H,2,5-7H2,1H3. The summed E-state index contributed by atoms with van der Waals surface area (Å²) in [4.78, 5) is 4.26. The molecule has 1 rings (SSSR count). The lowest BCUT2D eigenvalue weighted by atomic mass is 10.2. The average molecular weight is 200 g/mol. The minimum atomic E-state index is 0.527. The number of hydrogen-bond acceptors (Lipinski definition) is 2. The van der Waals surface area contributed by atoms with Gasteiger partial charge in [0.25, 0.3) is 0 Å². The van der Waals surface area contributed by atoms with Gasteiger partial charge in [0.05, 0.1) is 6.61 Å². The first kappa shape index (κ1) is 10.5. The highest BCUT2D eigenvalue weighted by atomic mass is 35.5. The van der Waals surface area contributed by atoms with E-state index in [-0.39, 0.29) is 0 Å². The van der Waals surface area contributed by atoms with Crippen molar-refractivity contribution in [1.82, 2.24) is 4.98 Å². The van der Waals surface area contributed by atoms with Gasteiger partial charge in [0.15, 0.2) is 0 Å². The second kappa shape index (κ2) is 5.95. The molecular formula is C10H14ClNO. The van der Waals surface area contributed by atoms with Gasteiger partial charge in [0.1, 0.15) is 0 Å². The lowest BCUT2D eigenvalue weighted by molar-refractivity contribution is 0.150. The fourth-order valence-corrected chi connectivity index (χ4v) is 1.16. The van der Waals surface area contributed by atoms with Gasteiger partial charge in [-0.15, -0.1) is 11.6 Å². The highest BCUT2D eigenvalue weighted by Gasteiger charge is 1.95. The Kier molecular flexibility index (Phi) is 4.79. The maximum absolute atomic E-state index is 5.64. The summed E-state index contributed by atoms with van der Waals surface area (Å²) in [6.07, 6.45) is 2.69. The molecule has 0 atom stereocenters. The molecule has 0 amide bonds. The van der Waals surface area contributed by atoms with E-state index >= 15 is 0 Å². The summed E-state index contributed by atoms with van der Waals surface area (Å²) in [5.74, 6) is 0.527. The molecule has 1 aromatic heterocycles. The molecule has 1 aromatic rings. The summed E-state index contributed by atoms with van der Waals surface area (Å²) >= 11 is 5.64. The largest absolute Gasteiger partial charge is 0.381 e. The van der Waals surface area contributed by atoms with Crippen LogP contribution in [-0.2, 0) is 17.0 Å². The van der Waals surface area contributed by atoms with Crippen molar-refractivity contribution < 1.29 is 4.74 Å². The molecule has 0 aromatic carbocycles. The maximum Gasteiger partial charge on any atom is 0.0521 e. The van der Waals surface area contributed by atoms with Crippen molar-refractivity contribution in [2.45, 2.75) is 19.2 Å². The van der Waals surface area contributed by atoms with Crippen molar-refractivity contribution in [3.8, 4) is 0 Å². The zero-order valence-electron chi connectivity index (χ0n) is 7.79. The minimum absolute atomic E-state index is 0.527. The summed E-state index contributed by atoms with van der Waals surface area (Å²) in [7, 11) is 0. The second-order valence-corrected chi connectivity index (χ2v) is 3.01.